The fraction of sp³-hybridized carbons (Fsp3) is 0.750. The first kappa shape index (κ1) is 38.1. The summed E-state index contributed by atoms with van der Waals surface area (Å²) in [6, 6.07) is -1.37. The molecule has 0 aliphatic rings. The maximum absolute atomic E-state index is 11.2. The fourth-order valence-electron chi connectivity index (χ4n) is 3.46. The zero-order valence-electron chi connectivity index (χ0n) is 24.2. The molecule has 0 fully saturated rings. The predicted molar refractivity (Wildman–Crippen MR) is 155 cm³/mol. The van der Waals surface area contributed by atoms with E-state index in [-0.39, 0.29) is 6.04 Å². The molecule has 0 saturated carbocycles. The number of likely N-dealkylation sites (N-methyl/N-ethyl adjacent to an activating group) is 1. The molecule has 13 nitrogen and oxygen atoms in total. The van der Waals surface area contributed by atoms with Gasteiger partial charge in [-0.3, -0.25) is 0 Å². The number of hydrogen-bond donors (Lipinski definition) is 4. The fourth-order valence-corrected chi connectivity index (χ4v) is 3.46. The molecule has 0 aromatic carbocycles. The standard InChI is InChI=1S/C15H29BN4O3.C9H16BN3O3/c1-5-14(15(21)22)20(4)10-8-13(18-11-16-23)7-6-9-19(3)12(2)17;1-7(11)13(2)5-3-4-8(9(14)15)12-6-10-16/h11,13-14,17H,5-10H2,1-4H3,(H,21,22);6,8,11H,3-5H2,1-2H3,(H,14,15). The summed E-state index contributed by atoms with van der Waals surface area (Å²) in [5.74, 6) is -0.897. The Morgan fingerprint density at radius 2 is 1.31 bits per heavy atom. The Morgan fingerprint density at radius 1 is 0.821 bits per heavy atom. The van der Waals surface area contributed by atoms with Crippen LogP contribution in [0.1, 0.15) is 59.3 Å². The number of nitrogens with zero attached hydrogens (tertiary/aromatic N) is 5. The van der Waals surface area contributed by atoms with E-state index in [1.807, 2.05) is 23.8 Å². The second-order valence-corrected chi connectivity index (χ2v) is 9.21. The Morgan fingerprint density at radius 3 is 1.72 bits per heavy atom. The average molecular weight is 549 g/mol. The summed E-state index contributed by atoms with van der Waals surface area (Å²) in [6.07, 6.45) is 6.13. The van der Waals surface area contributed by atoms with Crippen LogP contribution < -0.4 is 0 Å². The minimum atomic E-state index is -1.03. The molecule has 0 aromatic rings. The third kappa shape index (κ3) is 19.6. The van der Waals surface area contributed by atoms with Gasteiger partial charge in [-0.2, -0.15) is 0 Å². The van der Waals surface area contributed by atoms with E-state index in [0.717, 1.165) is 25.5 Å². The van der Waals surface area contributed by atoms with Gasteiger partial charge in [-0.1, -0.05) is 0 Å². The molecule has 0 amide bonds. The number of carboxylic acids is 2. The van der Waals surface area contributed by atoms with Crippen LogP contribution in [0.4, 0.5) is 0 Å². The molecule has 3 atom stereocenters. The molecule has 0 saturated heterocycles. The van der Waals surface area contributed by atoms with Gasteiger partial charge in [0.15, 0.2) is 0 Å². The van der Waals surface area contributed by atoms with Crippen molar-refractivity contribution in [2.45, 2.75) is 77.4 Å². The second kappa shape index (κ2) is 22.9. The molecule has 0 radical (unpaired) electrons. The molecule has 0 rings (SSSR count). The van der Waals surface area contributed by atoms with Crippen LogP contribution in [0.15, 0.2) is 9.98 Å². The number of rotatable bonds is 19. The molecule has 39 heavy (non-hydrogen) atoms. The van der Waals surface area contributed by atoms with Gasteiger partial charge in [-0.15, -0.1) is 0 Å². The first-order chi connectivity index (χ1) is 18.3. The first-order valence-electron chi connectivity index (χ1n) is 12.9. The van der Waals surface area contributed by atoms with Crippen LogP contribution in [0.2, 0.25) is 0 Å². The second-order valence-electron chi connectivity index (χ2n) is 9.21. The summed E-state index contributed by atoms with van der Waals surface area (Å²) < 4.78 is 20.5. The molecule has 218 valence electrons. The van der Waals surface area contributed by atoms with Crippen molar-refractivity contribution >= 4 is 50.1 Å². The monoisotopic (exact) mass is 549 g/mol. The van der Waals surface area contributed by atoms with E-state index in [1.165, 1.54) is 6.11 Å². The topological polar surface area (TPSA) is 191 Å². The Labute approximate surface area is 233 Å². The summed E-state index contributed by atoms with van der Waals surface area (Å²) in [5.41, 5.74) is 0. The van der Waals surface area contributed by atoms with Gasteiger partial charge in [-0.05, 0) is 0 Å². The summed E-state index contributed by atoms with van der Waals surface area (Å²) in [6.45, 7) is 7.26. The van der Waals surface area contributed by atoms with Crippen molar-refractivity contribution in [1.29, 1.82) is 10.8 Å². The van der Waals surface area contributed by atoms with Gasteiger partial charge in [0.2, 0.25) is 0 Å². The van der Waals surface area contributed by atoms with Crippen molar-refractivity contribution in [2.75, 3.05) is 40.8 Å². The van der Waals surface area contributed by atoms with Crippen molar-refractivity contribution in [1.82, 2.24) is 14.7 Å². The van der Waals surface area contributed by atoms with E-state index >= 15 is 0 Å². The van der Waals surface area contributed by atoms with Crippen molar-refractivity contribution in [3.05, 3.63) is 0 Å². The number of nitrogens with one attached hydrogen (secondary N) is 2. The predicted octanol–water partition coefficient (Wildman–Crippen LogP) is 1.55. The van der Waals surface area contributed by atoms with E-state index in [1.54, 1.807) is 32.8 Å². The van der Waals surface area contributed by atoms with Gasteiger partial charge in [0, 0.05) is 0 Å². The number of amidine groups is 2. The molecular weight excluding hydrogens is 504 g/mol. The number of hydrogen-bond acceptors (Lipinski definition) is 9. The Kier molecular flexibility index (Phi) is 22.3. The summed E-state index contributed by atoms with van der Waals surface area (Å²) in [5, 5.41) is 32.8. The SMILES string of the molecule is CC(=N)N(C)CCCC(N=CB=O)C(=O)O.CCC(C(=O)O)N(C)CCC(CCCN(C)C(C)=N)N=CB=O. The zero-order valence-corrected chi connectivity index (χ0v) is 24.2. The molecule has 0 aliphatic carbocycles. The molecule has 0 aromatic heterocycles. The molecule has 15 heteroatoms. The normalized spacial score (nSPS) is 13.1. The van der Waals surface area contributed by atoms with E-state index < -0.39 is 24.0 Å². The van der Waals surface area contributed by atoms with Crippen LogP contribution in [0.3, 0.4) is 0 Å². The van der Waals surface area contributed by atoms with Crippen LogP contribution in [0, 0.1) is 10.8 Å². The van der Waals surface area contributed by atoms with Gasteiger partial charge in [0.25, 0.3) is 0 Å². The van der Waals surface area contributed by atoms with Gasteiger partial charge in [-0.25, -0.2) is 0 Å². The molecule has 0 spiro atoms. The Hall–Kier alpha value is -3.09. The van der Waals surface area contributed by atoms with Crippen molar-refractivity contribution in [3.8, 4) is 0 Å². The van der Waals surface area contributed by atoms with Crippen LogP contribution in [0.25, 0.3) is 0 Å². The van der Waals surface area contributed by atoms with Gasteiger partial charge in [0.05, 0.1) is 0 Å². The maximum atomic E-state index is 11.2. The number of carboxylic acid groups (broad SMARTS) is 2. The summed E-state index contributed by atoms with van der Waals surface area (Å²) in [7, 11) is 6.57. The summed E-state index contributed by atoms with van der Waals surface area (Å²) >= 11 is 0. The van der Waals surface area contributed by atoms with Crippen LogP contribution in [-0.2, 0) is 19.0 Å². The van der Waals surface area contributed by atoms with Crippen molar-refractivity contribution < 1.29 is 29.2 Å². The molecule has 0 heterocycles. The molecule has 4 N–H and O–H groups in total. The molecule has 0 aliphatic heterocycles. The Balaban J connectivity index is 0. The van der Waals surface area contributed by atoms with E-state index in [4.69, 9.17) is 21.0 Å². The average Bonchev–Trinajstić information content (AvgIpc) is 2.87. The van der Waals surface area contributed by atoms with Gasteiger partial charge in [0.1, 0.15) is 0 Å². The van der Waals surface area contributed by atoms with Crippen molar-refractivity contribution in [3.63, 3.8) is 0 Å². The summed E-state index contributed by atoms with van der Waals surface area (Å²) in [4.78, 5) is 35.2. The van der Waals surface area contributed by atoms with Crippen LogP contribution in [-0.4, -0.2) is 134 Å². The number of aliphatic imine (C=N–C) groups is 2. The van der Waals surface area contributed by atoms with Crippen LogP contribution in [0.5, 0.6) is 0 Å². The quantitative estimate of drug-likeness (QED) is 0.105. The first-order valence-corrected chi connectivity index (χ1v) is 12.9. The minimum absolute atomic E-state index is 0.00612. The number of aliphatic carboxylic acids is 2. The van der Waals surface area contributed by atoms with E-state index in [2.05, 4.69) is 9.98 Å². The van der Waals surface area contributed by atoms with Gasteiger partial charge >= 0.3 is 233 Å². The molecular formula is C24H45B2N7O6. The van der Waals surface area contributed by atoms with Gasteiger partial charge < -0.3 is 0 Å². The van der Waals surface area contributed by atoms with E-state index in [0.29, 0.717) is 64.7 Å². The Bertz CT molecular complexity index is 844. The number of carbonyl (C=O) groups is 2. The van der Waals surface area contributed by atoms with Crippen LogP contribution >= 0.6 is 0 Å². The molecule has 3 unspecified atom stereocenters. The molecule has 0 bridgehead atoms. The van der Waals surface area contributed by atoms with E-state index in [9.17, 15) is 19.0 Å². The third-order valence-corrected chi connectivity index (χ3v) is 6.14. The third-order valence-electron chi connectivity index (χ3n) is 6.14. The van der Waals surface area contributed by atoms with Crippen molar-refractivity contribution in [2.24, 2.45) is 9.98 Å². The zero-order chi connectivity index (χ0) is 30.4.